The van der Waals surface area contributed by atoms with Crippen LogP contribution in [-0.2, 0) is 14.3 Å². The third-order valence-electron chi connectivity index (χ3n) is 4.59. The predicted molar refractivity (Wildman–Crippen MR) is 79.6 cm³/mol. The van der Waals surface area contributed by atoms with E-state index in [9.17, 15) is 9.59 Å². The number of nitrogens with two attached hydrogens (primary N) is 1. The lowest BCUT2D eigenvalue weighted by Crippen LogP contribution is -2.52. The van der Waals surface area contributed by atoms with Crippen LogP contribution in [-0.4, -0.2) is 54.6 Å². The first-order chi connectivity index (χ1) is 9.78. The van der Waals surface area contributed by atoms with Gasteiger partial charge < -0.3 is 20.7 Å². The highest BCUT2D eigenvalue weighted by Gasteiger charge is 2.42. The van der Waals surface area contributed by atoms with E-state index in [-0.39, 0.29) is 23.4 Å². The molecule has 0 spiro atoms. The van der Waals surface area contributed by atoms with Crippen LogP contribution < -0.4 is 11.1 Å². The van der Waals surface area contributed by atoms with E-state index in [1.807, 2.05) is 25.7 Å². The molecule has 0 aromatic rings. The highest BCUT2D eigenvalue weighted by atomic mass is 16.5. The molecular weight excluding hydrogens is 270 g/mol. The van der Waals surface area contributed by atoms with Crippen molar-refractivity contribution in [3.8, 4) is 0 Å². The van der Waals surface area contributed by atoms with Crippen LogP contribution in [0.4, 0.5) is 0 Å². The molecule has 2 fully saturated rings. The largest absolute Gasteiger partial charge is 0.381 e. The monoisotopic (exact) mass is 297 g/mol. The number of amides is 2. The maximum Gasteiger partial charge on any atom is 0.227 e. The Kier molecular flexibility index (Phi) is 4.58. The fourth-order valence-electron chi connectivity index (χ4n) is 3.08. The summed E-state index contributed by atoms with van der Waals surface area (Å²) in [5, 5.41) is 3.04. The quantitative estimate of drug-likeness (QED) is 0.782. The second kappa shape index (κ2) is 5.93. The van der Waals surface area contributed by atoms with E-state index >= 15 is 0 Å². The van der Waals surface area contributed by atoms with Gasteiger partial charge in [-0.1, -0.05) is 0 Å². The highest BCUT2D eigenvalue weighted by molar-refractivity contribution is 5.86. The lowest BCUT2D eigenvalue weighted by molar-refractivity contribution is -0.136. The van der Waals surface area contributed by atoms with Gasteiger partial charge >= 0.3 is 0 Å². The zero-order valence-corrected chi connectivity index (χ0v) is 13.3. The van der Waals surface area contributed by atoms with Crippen molar-refractivity contribution in [2.75, 3.05) is 26.3 Å². The number of hydrogen-bond donors (Lipinski definition) is 2. The Morgan fingerprint density at radius 3 is 2.52 bits per heavy atom. The van der Waals surface area contributed by atoms with Gasteiger partial charge in [0.05, 0.1) is 11.5 Å². The molecule has 21 heavy (non-hydrogen) atoms. The summed E-state index contributed by atoms with van der Waals surface area (Å²) in [5.41, 5.74) is 5.10. The molecule has 2 aliphatic heterocycles. The van der Waals surface area contributed by atoms with Crippen LogP contribution in [0.2, 0.25) is 0 Å². The number of rotatable bonds is 3. The van der Waals surface area contributed by atoms with Crippen LogP contribution in [0.1, 0.15) is 40.0 Å². The maximum atomic E-state index is 12.6. The summed E-state index contributed by atoms with van der Waals surface area (Å²) in [5.74, 6) is 0.0726. The lowest BCUT2D eigenvalue weighted by Gasteiger charge is -2.36. The highest BCUT2D eigenvalue weighted by Crippen LogP contribution is 2.30. The van der Waals surface area contributed by atoms with E-state index < -0.39 is 5.41 Å². The molecule has 2 amide bonds. The molecule has 0 aliphatic carbocycles. The number of likely N-dealkylation sites (tertiary alicyclic amines) is 1. The van der Waals surface area contributed by atoms with Crippen molar-refractivity contribution in [1.29, 1.82) is 0 Å². The average Bonchev–Trinajstić information content (AvgIpc) is 2.80. The van der Waals surface area contributed by atoms with Crippen LogP contribution >= 0.6 is 0 Å². The summed E-state index contributed by atoms with van der Waals surface area (Å²) in [4.78, 5) is 26.5. The molecule has 2 saturated heterocycles. The van der Waals surface area contributed by atoms with Crippen molar-refractivity contribution in [2.24, 2.45) is 11.1 Å². The van der Waals surface area contributed by atoms with Crippen LogP contribution in [0.15, 0.2) is 0 Å². The molecule has 2 rings (SSSR count). The summed E-state index contributed by atoms with van der Waals surface area (Å²) < 4.78 is 5.33. The van der Waals surface area contributed by atoms with Crippen molar-refractivity contribution < 1.29 is 14.3 Å². The van der Waals surface area contributed by atoms with Gasteiger partial charge in [0.25, 0.3) is 0 Å². The minimum atomic E-state index is -0.531. The number of carbonyl (C=O) groups is 2. The lowest BCUT2D eigenvalue weighted by atomic mass is 9.79. The van der Waals surface area contributed by atoms with Crippen molar-refractivity contribution in [3.05, 3.63) is 0 Å². The molecule has 6 heteroatoms. The van der Waals surface area contributed by atoms with E-state index in [4.69, 9.17) is 10.5 Å². The van der Waals surface area contributed by atoms with Gasteiger partial charge in [0.2, 0.25) is 11.8 Å². The van der Waals surface area contributed by atoms with Crippen molar-refractivity contribution in [2.45, 2.75) is 51.6 Å². The van der Waals surface area contributed by atoms with Gasteiger partial charge in [0, 0.05) is 38.3 Å². The van der Waals surface area contributed by atoms with Crippen LogP contribution in [0.25, 0.3) is 0 Å². The molecule has 0 bridgehead atoms. The van der Waals surface area contributed by atoms with Crippen molar-refractivity contribution in [1.82, 2.24) is 10.2 Å². The Bertz CT molecular complexity index is 411. The summed E-state index contributed by atoms with van der Waals surface area (Å²) in [6.07, 6.45) is 1.68. The number of nitrogens with one attached hydrogen (secondary N) is 1. The Morgan fingerprint density at radius 1 is 1.43 bits per heavy atom. The molecule has 0 aromatic heterocycles. The van der Waals surface area contributed by atoms with E-state index in [2.05, 4.69) is 5.32 Å². The van der Waals surface area contributed by atoms with Gasteiger partial charge in [0.15, 0.2) is 0 Å². The Balaban J connectivity index is 1.99. The normalized spacial score (nSPS) is 26.0. The molecule has 2 heterocycles. The second-order valence-corrected chi connectivity index (χ2v) is 7.15. The van der Waals surface area contributed by atoms with E-state index in [1.54, 1.807) is 0 Å². The molecule has 0 radical (unpaired) electrons. The Hall–Kier alpha value is -1.14. The molecule has 120 valence electrons. The minimum absolute atomic E-state index is 0.0261. The topological polar surface area (TPSA) is 84.7 Å². The molecule has 0 saturated carbocycles. The molecule has 6 nitrogen and oxygen atoms in total. The number of hydrogen-bond acceptors (Lipinski definition) is 4. The first kappa shape index (κ1) is 16.2. The molecule has 0 aromatic carbocycles. The molecule has 2 aliphatic rings. The number of nitrogens with zero attached hydrogens (tertiary/aromatic N) is 1. The average molecular weight is 297 g/mol. The Labute approximate surface area is 126 Å². The van der Waals surface area contributed by atoms with Gasteiger partial charge in [-0.2, -0.15) is 0 Å². The first-order valence-electron chi connectivity index (χ1n) is 7.68. The van der Waals surface area contributed by atoms with Crippen molar-refractivity contribution >= 4 is 11.8 Å². The second-order valence-electron chi connectivity index (χ2n) is 7.15. The van der Waals surface area contributed by atoms with Gasteiger partial charge in [-0.25, -0.2) is 0 Å². The van der Waals surface area contributed by atoms with E-state index in [0.29, 0.717) is 45.6 Å². The van der Waals surface area contributed by atoms with Crippen LogP contribution in [0.3, 0.4) is 0 Å². The maximum absolute atomic E-state index is 12.6. The van der Waals surface area contributed by atoms with Crippen LogP contribution in [0, 0.1) is 5.41 Å². The number of carbonyl (C=O) groups excluding carboxylic acids is 2. The van der Waals surface area contributed by atoms with Gasteiger partial charge in [0.1, 0.15) is 0 Å². The zero-order chi connectivity index (χ0) is 15.7. The molecular formula is C15H27N3O3. The standard InChI is InChI=1S/C15H27N3O3/c1-14(2,3)18-9-11(8-12(18)19)17-13(20)15(10-16)4-6-21-7-5-15/h11H,4-10,16H2,1-3H3,(H,17,20). The van der Waals surface area contributed by atoms with Gasteiger partial charge in [-0.15, -0.1) is 0 Å². The fraction of sp³-hybridized carbons (Fsp3) is 0.867. The molecule has 3 N–H and O–H groups in total. The molecule has 1 atom stereocenters. The van der Waals surface area contributed by atoms with E-state index in [1.165, 1.54) is 0 Å². The summed E-state index contributed by atoms with van der Waals surface area (Å²) in [6, 6.07) is -0.115. The van der Waals surface area contributed by atoms with Crippen molar-refractivity contribution in [3.63, 3.8) is 0 Å². The van der Waals surface area contributed by atoms with Gasteiger partial charge in [-0.05, 0) is 33.6 Å². The summed E-state index contributed by atoms with van der Waals surface area (Å²) in [7, 11) is 0. The first-order valence-corrected chi connectivity index (χ1v) is 7.68. The van der Waals surface area contributed by atoms with Gasteiger partial charge in [-0.3, -0.25) is 9.59 Å². The third kappa shape index (κ3) is 3.37. The molecule has 1 unspecified atom stereocenters. The summed E-state index contributed by atoms with van der Waals surface area (Å²) >= 11 is 0. The SMILES string of the molecule is CC(C)(C)N1CC(NC(=O)C2(CN)CCOCC2)CC1=O. The zero-order valence-electron chi connectivity index (χ0n) is 13.3. The summed E-state index contributed by atoms with van der Waals surface area (Å²) in [6.45, 7) is 8.07. The smallest absolute Gasteiger partial charge is 0.227 e. The third-order valence-corrected chi connectivity index (χ3v) is 4.59. The van der Waals surface area contributed by atoms with E-state index in [0.717, 1.165) is 0 Å². The fourth-order valence-corrected chi connectivity index (χ4v) is 3.08. The number of ether oxygens (including phenoxy) is 1. The predicted octanol–water partition coefficient (Wildman–Crippen LogP) is 0.258. The Morgan fingerprint density at radius 2 is 2.05 bits per heavy atom. The van der Waals surface area contributed by atoms with Crippen LogP contribution in [0.5, 0.6) is 0 Å². The minimum Gasteiger partial charge on any atom is -0.381 e.